The predicted octanol–water partition coefficient (Wildman–Crippen LogP) is 3.93. The van der Waals surface area contributed by atoms with Crippen molar-refractivity contribution in [2.24, 2.45) is 11.8 Å². The number of anilines is 2. The van der Waals surface area contributed by atoms with Gasteiger partial charge in [-0.1, -0.05) is 75.2 Å². The molecule has 2 aliphatic heterocycles. The van der Waals surface area contributed by atoms with E-state index in [0.29, 0.717) is 0 Å². The van der Waals surface area contributed by atoms with Crippen LogP contribution < -0.4 is 20.0 Å². The summed E-state index contributed by atoms with van der Waals surface area (Å²) in [6, 6.07) is 13.0. The van der Waals surface area contributed by atoms with Gasteiger partial charge in [0.15, 0.2) is 0 Å². The molecule has 34 heavy (non-hydrogen) atoms. The first-order chi connectivity index (χ1) is 15.9. The van der Waals surface area contributed by atoms with E-state index in [9.17, 15) is 10.2 Å². The fraction of sp³-hybridized carbons (Fsp3) is 0.467. The highest BCUT2D eigenvalue weighted by atomic mass is 16.3. The van der Waals surface area contributed by atoms with Crippen LogP contribution in [0.5, 0.6) is 0 Å². The number of hydrogen-bond acceptors (Lipinski definition) is 4. The minimum absolute atomic E-state index is 0.230. The van der Waals surface area contributed by atoms with E-state index in [-0.39, 0.29) is 10.8 Å². The molecule has 0 amide bonds. The van der Waals surface area contributed by atoms with Gasteiger partial charge in [-0.15, -0.1) is 12.2 Å². The molecular weight excluding hydrogens is 420 g/mol. The van der Waals surface area contributed by atoms with Gasteiger partial charge in [-0.2, -0.15) is 0 Å². The maximum atomic E-state index is 13.4. The van der Waals surface area contributed by atoms with Crippen LogP contribution >= 0.6 is 0 Å². The Hall–Kier alpha value is -2.56. The van der Waals surface area contributed by atoms with Crippen molar-refractivity contribution in [3.05, 3.63) is 82.2 Å². The standard InChI is InChI=1S/C30H36N2O2/c1-17-9-11-23-21(13-17)29(3,4)25(31(23)7)15-19-27(33)20(28(19)34)16-26-30(5,6)22-14-18(2)10-12-24(22)32(26)8/h9-16,19-20,27-28H,1-8H3/q-2. The molecule has 0 saturated heterocycles. The molecule has 3 aliphatic rings. The van der Waals surface area contributed by atoms with Gasteiger partial charge in [0.1, 0.15) is 0 Å². The van der Waals surface area contributed by atoms with Crippen molar-refractivity contribution in [3.8, 4) is 0 Å². The van der Waals surface area contributed by atoms with Crippen LogP contribution in [0.4, 0.5) is 11.4 Å². The fourth-order valence-electron chi connectivity index (χ4n) is 6.39. The Morgan fingerprint density at radius 2 is 1.03 bits per heavy atom. The Balaban J connectivity index is 1.44. The SMILES string of the molecule is Cc1ccc2c(c1)C(C)(C)C(=CC1C([O-])C(C=C3N(C)c4ccc(C)cc4C3(C)C)C1[O-])N2C. The van der Waals surface area contributed by atoms with Crippen molar-refractivity contribution in [1.29, 1.82) is 0 Å². The molecule has 0 spiro atoms. The van der Waals surface area contributed by atoms with E-state index >= 15 is 0 Å². The summed E-state index contributed by atoms with van der Waals surface area (Å²) < 4.78 is 0. The Labute approximate surface area is 204 Å². The molecule has 0 atom stereocenters. The van der Waals surface area contributed by atoms with Crippen molar-refractivity contribution in [2.45, 2.75) is 64.6 Å². The van der Waals surface area contributed by atoms with Crippen LogP contribution in [-0.4, -0.2) is 26.3 Å². The van der Waals surface area contributed by atoms with Crippen molar-refractivity contribution >= 4 is 11.4 Å². The third kappa shape index (κ3) is 3.11. The quantitative estimate of drug-likeness (QED) is 0.687. The highest BCUT2D eigenvalue weighted by Gasteiger charge is 2.44. The zero-order valence-electron chi connectivity index (χ0n) is 21.6. The molecule has 2 aromatic rings. The number of fused-ring (bicyclic) bond motifs is 2. The van der Waals surface area contributed by atoms with Gasteiger partial charge < -0.3 is 20.0 Å². The number of rotatable bonds is 2. The number of likely N-dealkylation sites (N-methyl/N-ethyl adjacent to an activating group) is 2. The normalized spacial score (nSPS) is 31.1. The third-order valence-corrected chi connectivity index (χ3v) is 8.59. The molecule has 2 heterocycles. The molecule has 5 rings (SSSR count). The smallest absolute Gasteiger partial charge is 0.0448 e. The molecule has 180 valence electrons. The average Bonchev–Trinajstić information content (AvgIpc) is 3.07. The number of allylic oxidation sites excluding steroid dienone is 2. The summed E-state index contributed by atoms with van der Waals surface area (Å²) in [5, 5.41) is 26.8. The summed E-state index contributed by atoms with van der Waals surface area (Å²) in [6.07, 6.45) is 2.13. The van der Waals surface area contributed by atoms with Gasteiger partial charge in [-0.25, -0.2) is 0 Å². The first-order valence-electron chi connectivity index (χ1n) is 12.3. The van der Waals surface area contributed by atoms with Gasteiger partial charge in [0.25, 0.3) is 0 Å². The molecule has 1 fully saturated rings. The van der Waals surface area contributed by atoms with Crippen LogP contribution in [0.3, 0.4) is 0 Å². The van der Waals surface area contributed by atoms with E-state index in [1.807, 2.05) is 26.2 Å². The maximum Gasteiger partial charge on any atom is 0.0448 e. The summed E-state index contributed by atoms with van der Waals surface area (Å²) in [5.41, 5.74) is 8.94. The van der Waals surface area contributed by atoms with Gasteiger partial charge in [0.2, 0.25) is 0 Å². The monoisotopic (exact) mass is 456 g/mol. The van der Waals surface area contributed by atoms with E-state index in [1.54, 1.807) is 0 Å². The van der Waals surface area contributed by atoms with Crippen LogP contribution in [-0.2, 0) is 10.8 Å². The summed E-state index contributed by atoms with van der Waals surface area (Å²) >= 11 is 0. The van der Waals surface area contributed by atoms with Gasteiger partial charge in [-0.05, 0) is 48.9 Å². The minimum Gasteiger partial charge on any atom is -0.851 e. The molecule has 0 N–H and O–H groups in total. The second-order valence-corrected chi connectivity index (χ2v) is 11.6. The number of nitrogens with zero attached hydrogens (tertiary/aromatic N) is 2. The molecule has 2 aromatic carbocycles. The summed E-state index contributed by atoms with van der Waals surface area (Å²) in [4.78, 5) is 4.32. The topological polar surface area (TPSA) is 52.6 Å². The highest BCUT2D eigenvalue weighted by molar-refractivity contribution is 5.71. The second-order valence-electron chi connectivity index (χ2n) is 11.6. The zero-order chi connectivity index (χ0) is 24.7. The molecular formula is C30H36N2O2-2. The van der Waals surface area contributed by atoms with Crippen molar-refractivity contribution in [1.82, 2.24) is 0 Å². The van der Waals surface area contributed by atoms with Crippen molar-refractivity contribution in [2.75, 3.05) is 23.9 Å². The molecule has 1 saturated carbocycles. The summed E-state index contributed by atoms with van der Waals surface area (Å²) in [5.74, 6) is -1.01. The van der Waals surface area contributed by atoms with E-state index < -0.39 is 24.0 Å². The first-order valence-corrected chi connectivity index (χ1v) is 12.3. The van der Waals surface area contributed by atoms with Crippen molar-refractivity contribution in [3.63, 3.8) is 0 Å². The summed E-state index contributed by atoms with van der Waals surface area (Å²) in [6.45, 7) is 13.0. The Morgan fingerprint density at radius 3 is 1.38 bits per heavy atom. The van der Waals surface area contributed by atoms with E-state index in [4.69, 9.17) is 0 Å². The first kappa shape index (κ1) is 23.2. The van der Waals surface area contributed by atoms with Crippen LogP contribution in [0, 0.1) is 25.7 Å². The Morgan fingerprint density at radius 1 is 0.676 bits per heavy atom. The van der Waals surface area contributed by atoms with Gasteiger partial charge in [0.05, 0.1) is 0 Å². The molecule has 4 nitrogen and oxygen atoms in total. The highest BCUT2D eigenvalue weighted by Crippen LogP contribution is 2.51. The average molecular weight is 457 g/mol. The third-order valence-electron chi connectivity index (χ3n) is 8.59. The van der Waals surface area contributed by atoms with Gasteiger partial charge >= 0.3 is 0 Å². The predicted molar refractivity (Wildman–Crippen MR) is 136 cm³/mol. The molecule has 4 heteroatoms. The Kier molecular flexibility index (Phi) is 5.09. The van der Waals surface area contributed by atoms with Gasteiger partial charge in [-0.3, -0.25) is 0 Å². The largest absolute Gasteiger partial charge is 0.851 e. The lowest BCUT2D eigenvalue weighted by atomic mass is 9.66. The van der Waals surface area contributed by atoms with E-state index in [0.717, 1.165) is 22.8 Å². The lowest BCUT2D eigenvalue weighted by molar-refractivity contribution is -0.550. The zero-order valence-corrected chi connectivity index (χ0v) is 21.6. The number of benzene rings is 2. The number of aryl methyl sites for hydroxylation is 2. The van der Waals surface area contributed by atoms with Crippen LogP contribution in [0.2, 0.25) is 0 Å². The van der Waals surface area contributed by atoms with Crippen LogP contribution in [0.15, 0.2) is 59.9 Å². The molecule has 0 unspecified atom stereocenters. The van der Waals surface area contributed by atoms with Gasteiger partial charge in [0, 0.05) is 47.7 Å². The number of hydrogen-bond donors (Lipinski definition) is 0. The molecule has 0 aromatic heterocycles. The molecule has 0 bridgehead atoms. The Bertz CT molecular complexity index is 1120. The molecule has 1 aliphatic carbocycles. The summed E-state index contributed by atoms with van der Waals surface area (Å²) in [7, 11) is 4.09. The van der Waals surface area contributed by atoms with Crippen molar-refractivity contribution < 1.29 is 10.2 Å². The van der Waals surface area contributed by atoms with E-state index in [2.05, 4.69) is 87.7 Å². The van der Waals surface area contributed by atoms with Crippen LogP contribution in [0.1, 0.15) is 49.9 Å². The minimum atomic E-state index is -0.924. The second kappa shape index (κ2) is 7.47. The lowest BCUT2D eigenvalue weighted by Gasteiger charge is -2.60. The lowest BCUT2D eigenvalue weighted by Crippen LogP contribution is -2.66. The molecule has 0 radical (unpaired) electrons. The maximum absolute atomic E-state index is 13.4. The fourth-order valence-corrected chi connectivity index (χ4v) is 6.39. The van der Waals surface area contributed by atoms with Crippen LogP contribution in [0.25, 0.3) is 0 Å². The van der Waals surface area contributed by atoms with E-state index in [1.165, 1.54) is 22.3 Å².